The number of nitrogens with one attached hydrogen (secondary N) is 1. The van der Waals surface area contributed by atoms with Gasteiger partial charge < -0.3 is 34.7 Å². The van der Waals surface area contributed by atoms with Crippen molar-refractivity contribution >= 4 is 57.5 Å². The number of nitrogen functional groups attached to an aromatic ring is 1. The van der Waals surface area contributed by atoms with E-state index in [9.17, 15) is 41.8 Å². The summed E-state index contributed by atoms with van der Waals surface area (Å²) in [6.45, 7) is 7.30. The number of carboxylic acids is 1. The number of nitrogens with zero attached hydrogens (tertiary/aromatic N) is 6. The number of nitrogens with two attached hydrogens (primary N) is 1. The number of carboxylic acid groups (broad SMARTS) is 1. The molecule has 15 nitrogen and oxygen atoms in total. The first-order chi connectivity index (χ1) is 32.5. The number of aryl methyl sites for hydroxylation is 4. The second kappa shape index (κ2) is 17.8. The lowest BCUT2D eigenvalue weighted by Crippen LogP contribution is -2.42. The fourth-order valence-corrected chi connectivity index (χ4v) is 9.50. The molecule has 1 saturated carbocycles. The summed E-state index contributed by atoms with van der Waals surface area (Å²) < 4.78 is 67.3. The molecule has 4 aromatic carbocycles. The van der Waals surface area contributed by atoms with Crippen molar-refractivity contribution in [2.75, 3.05) is 20.9 Å². The van der Waals surface area contributed by atoms with Crippen LogP contribution in [-0.2, 0) is 19.2 Å². The van der Waals surface area contributed by atoms with Crippen molar-refractivity contribution in [3.05, 3.63) is 125 Å². The normalized spacial score (nSPS) is 19.1. The third kappa shape index (κ3) is 8.21. The molecular weight excluding hydrogens is 889 g/mol. The lowest BCUT2D eigenvalue weighted by Gasteiger charge is -2.36. The molecule has 2 saturated heterocycles. The van der Waals surface area contributed by atoms with Crippen LogP contribution in [-0.4, -0.2) is 54.7 Å². The molecule has 0 bridgehead atoms. The number of rotatable bonds is 9. The van der Waals surface area contributed by atoms with Crippen molar-refractivity contribution in [1.82, 2.24) is 19.9 Å². The summed E-state index contributed by atoms with van der Waals surface area (Å²) in [5, 5.41) is 20.2. The van der Waals surface area contributed by atoms with E-state index in [0.717, 1.165) is 57.7 Å². The van der Waals surface area contributed by atoms with Gasteiger partial charge in [-0.2, -0.15) is 0 Å². The van der Waals surface area contributed by atoms with Crippen LogP contribution >= 0.6 is 0 Å². The highest BCUT2D eigenvalue weighted by atomic mass is 19.2. The highest BCUT2D eigenvalue weighted by molar-refractivity contribution is 6.08. The van der Waals surface area contributed by atoms with Crippen LogP contribution in [0.3, 0.4) is 0 Å². The number of hydrogen-bond donors (Lipinski definition) is 3. The predicted octanol–water partition coefficient (Wildman–Crippen LogP) is 9.44. The maximum atomic E-state index is 14.1. The Bertz CT molecular complexity index is 3140. The van der Waals surface area contributed by atoms with Gasteiger partial charge in [-0.3, -0.25) is 24.1 Å². The summed E-state index contributed by atoms with van der Waals surface area (Å²) in [7, 11) is 0. The number of carbonyl (C=O) groups is 4. The van der Waals surface area contributed by atoms with Gasteiger partial charge in [-0.15, -0.1) is 0 Å². The SMILES string of the molecule is Cc1noc(C)c1-c1ccc(N)c(NC(=O)[C@@H]2CCC(=O)N2c2ccc(F)c(F)c2)c1.Cc1noc(C)c1-c1ccc2c(c1)nc([C@@H]1CCC(=O)N1c1ccc(F)c(F)c1)n2C1CC(C(=O)O)C1. The Hall–Kier alpha value is -7.83. The monoisotopic (exact) mass is 932 g/mol. The van der Waals surface area contributed by atoms with Gasteiger partial charge in [0.2, 0.25) is 17.7 Å². The van der Waals surface area contributed by atoms with Crippen LogP contribution in [0.25, 0.3) is 33.3 Å². The number of anilines is 4. The van der Waals surface area contributed by atoms with Crippen molar-refractivity contribution < 1.29 is 50.9 Å². The van der Waals surface area contributed by atoms with Crippen LogP contribution in [0.15, 0.2) is 81.8 Å². The van der Waals surface area contributed by atoms with Gasteiger partial charge in [0.1, 0.15) is 23.4 Å². The Morgan fingerprint density at radius 3 is 1.85 bits per heavy atom. The van der Waals surface area contributed by atoms with Gasteiger partial charge in [0.25, 0.3) is 0 Å². The molecule has 2 atom stereocenters. The lowest BCUT2D eigenvalue weighted by molar-refractivity contribution is -0.146. The van der Waals surface area contributed by atoms with Crippen molar-refractivity contribution in [2.24, 2.45) is 5.92 Å². The number of carbonyl (C=O) groups excluding carboxylic acids is 3. The first-order valence-electron chi connectivity index (χ1n) is 21.8. The molecule has 0 unspecified atom stereocenters. The maximum Gasteiger partial charge on any atom is 0.306 e. The van der Waals surface area contributed by atoms with Gasteiger partial charge in [0.05, 0.1) is 45.8 Å². The molecule has 68 heavy (non-hydrogen) atoms. The number of aromatic nitrogens is 4. The zero-order valence-corrected chi connectivity index (χ0v) is 37.1. The van der Waals surface area contributed by atoms with Crippen molar-refractivity contribution in [3.63, 3.8) is 0 Å². The zero-order valence-electron chi connectivity index (χ0n) is 37.1. The van der Waals surface area contributed by atoms with Crippen LogP contribution in [0, 0.1) is 56.9 Å². The van der Waals surface area contributed by atoms with E-state index in [2.05, 4.69) is 15.6 Å². The summed E-state index contributed by atoms with van der Waals surface area (Å²) >= 11 is 0. The van der Waals surface area contributed by atoms with Gasteiger partial charge >= 0.3 is 5.97 Å². The van der Waals surface area contributed by atoms with Gasteiger partial charge in [-0.1, -0.05) is 22.4 Å². The second-order valence-electron chi connectivity index (χ2n) is 17.2. The number of amides is 3. The van der Waals surface area contributed by atoms with Gasteiger partial charge in [-0.25, -0.2) is 22.5 Å². The molecule has 3 aromatic heterocycles. The third-order valence-electron chi connectivity index (χ3n) is 12.9. The largest absolute Gasteiger partial charge is 0.481 e. The van der Waals surface area contributed by atoms with Crippen LogP contribution in [0.4, 0.5) is 40.3 Å². The van der Waals surface area contributed by atoms with E-state index in [1.165, 1.54) is 21.9 Å². The van der Waals surface area contributed by atoms with Gasteiger partial charge in [-0.05, 0) is 113 Å². The molecule has 3 aliphatic rings. The van der Waals surface area contributed by atoms with E-state index < -0.39 is 53.1 Å². The molecule has 0 spiro atoms. The Kier molecular flexibility index (Phi) is 11.8. The number of aliphatic carboxylic acids is 1. The summed E-state index contributed by atoms with van der Waals surface area (Å²) in [6, 6.07) is 16.0. The molecule has 1 aliphatic carbocycles. The van der Waals surface area contributed by atoms with E-state index in [4.69, 9.17) is 19.8 Å². The molecule has 350 valence electrons. The molecule has 5 heterocycles. The Balaban J connectivity index is 0.000000173. The molecule has 4 N–H and O–H groups in total. The molecule has 19 heteroatoms. The minimum Gasteiger partial charge on any atom is -0.481 e. The molecule has 3 amide bonds. The molecule has 7 aromatic rings. The summed E-state index contributed by atoms with van der Waals surface area (Å²) in [5.74, 6) is -4.51. The molecule has 3 fully saturated rings. The van der Waals surface area contributed by atoms with Crippen molar-refractivity contribution in [3.8, 4) is 22.3 Å². The van der Waals surface area contributed by atoms with E-state index >= 15 is 0 Å². The second-order valence-corrected chi connectivity index (χ2v) is 17.2. The fraction of sp³-hybridized carbons (Fsp3) is 0.286. The van der Waals surface area contributed by atoms with Crippen LogP contribution in [0.1, 0.15) is 79.3 Å². The highest BCUT2D eigenvalue weighted by Gasteiger charge is 2.42. The number of benzene rings is 4. The smallest absolute Gasteiger partial charge is 0.306 e. The number of imidazole rings is 1. The van der Waals surface area contributed by atoms with E-state index in [1.54, 1.807) is 25.1 Å². The minimum absolute atomic E-state index is 0.103. The number of fused-ring (bicyclic) bond motifs is 1. The lowest BCUT2D eigenvalue weighted by atomic mass is 9.80. The van der Waals surface area contributed by atoms with E-state index in [0.29, 0.717) is 59.2 Å². The standard InChI is InChI=1S/C27H24F2N4O4.C22H20F2N4O3/c1-13-25(14(2)37-31-13)15-3-6-22-21(11-15)30-26(33(22)18-9-16(10-18)27(35)36)23-7-8-24(34)32(23)17-4-5-19(28)20(29)12-17;1-11-21(12(2)31-27-11)13-3-6-17(25)18(9-13)26-22(30)19-7-8-20(29)28(19)14-4-5-15(23)16(24)10-14/h3-6,11-12,16,18,23H,7-10H2,1-2H3,(H,35,36);3-6,9-10,19H,7-8,25H2,1-2H3,(H,26,30)/t16?,18?,23-;19-/m00/s1. The first-order valence-corrected chi connectivity index (χ1v) is 21.8. The van der Waals surface area contributed by atoms with Crippen molar-refractivity contribution in [2.45, 2.75) is 84.3 Å². The topological polar surface area (TPSA) is 203 Å². The van der Waals surface area contributed by atoms with Crippen LogP contribution in [0.2, 0.25) is 0 Å². The average molecular weight is 933 g/mol. The summed E-state index contributed by atoms with van der Waals surface area (Å²) in [5.41, 5.74) is 13.4. The third-order valence-corrected chi connectivity index (χ3v) is 12.9. The Morgan fingerprint density at radius 1 is 0.721 bits per heavy atom. The summed E-state index contributed by atoms with van der Waals surface area (Å²) in [6.07, 6.45) is 1.95. The van der Waals surface area contributed by atoms with E-state index in [1.807, 2.05) is 43.5 Å². The maximum absolute atomic E-state index is 14.1. The zero-order chi connectivity index (χ0) is 48.3. The van der Waals surface area contributed by atoms with Gasteiger partial charge in [0, 0.05) is 53.5 Å². The van der Waals surface area contributed by atoms with Gasteiger partial charge in [0.15, 0.2) is 23.3 Å². The Labute approximate surface area is 385 Å². The first kappa shape index (κ1) is 45.3. The minimum atomic E-state index is -1.09. The fourth-order valence-electron chi connectivity index (χ4n) is 9.50. The summed E-state index contributed by atoms with van der Waals surface area (Å²) in [4.78, 5) is 57.5. The quantitative estimate of drug-likeness (QED) is 0.0919. The number of hydrogen-bond acceptors (Lipinski definition) is 10. The highest BCUT2D eigenvalue weighted by Crippen LogP contribution is 2.46. The average Bonchev–Trinajstić information content (AvgIpc) is 4.11. The van der Waals surface area contributed by atoms with Crippen molar-refractivity contribution in [1.29, 1.82) is 0 Å². The Morgan fingerprint density at radius 2 is 1.28 bits per heavy atom. The molecular formula is C49H44F4N8O7. The number of halogens is 4. The molecule has 2 aliphatic heterocycles. The molecule has 10 rings (SSSR count). The van der Waals surface area contributed by atoms with E-state index in [-0.39, 0.29) is 48.5 Å². The van der Waals surface area contributed by atoms with Crippen LogP contribution < -0.4 is 20.9 Å². The van der Waals surface area contributed by atoms with Crippen LogP contribution in [0.5, 0.6) is 0 Å². The predicted molar refractivity (Wildman–Crippen MR) is 241 cm³/mol. The molecule has 0 radical (unpaired) electrons.